The lowest BCUT2D eigenvalue weighted by Crippen LogP contribution is -2.55. The third-order valence-electron chi connectivity index (χ3n) is 4.64. The van der Waals surface area contributed by atoms with Crippen LogP contribution in [0.5, 0.6) is 0 Å². The molecule has 23 heavy (non-hydrogen) atoms. The minimum atomic E-state index is -2.92. The molecule has 3 nitrogen and oxygen atoms in total. The molecule has 0 saturated heterocycles. The lowest BCUT2D eigenvalue weighted by atomic mass is 9.94. The van der Waals surface area contributed by atoms with Crippen LogP contribution in [0.15, 0.2) is 54.6 Å². The summed E-state index contributed by atoms with van der Waals surface area (Å²) in [5, 5.41) is 8.35. The van der Waals surface area contributed by atoms with Crippen molar-refractivity contribution in [1.29, 1.82) is 0 Å². The van der Waals surface area contributed by atoms with E-state index in [0.29, 0.717) is 0 Å². The molecule has 0 atom stereocenters. The maximum absolute atomic E-state index is 5.74. The van der Waals surface area contributed by atoms with Gasteiger partial charge < -0.3 is 13.3 Å². The monoisotopic (exact) mass is 322 g/mol. The summed E-state index contributed by atoms with van der Waals surface area (Å²) in [4.78, 5) is 0. The van der Waals surface area contributed by atoms with Crippen molar-refractivity contribution in [3.8, 4) is 0 Å². The van der Waals surface area contributed by atoms with Gasteiger partial charge in [-0.05, 0) is 38.4 Å². The number of benzene rings is 4. The summed E-state index contributed by atoms with van der Waals surface area (Å²) in [6.07, 6.45) is 0. The Labute approximate surface area is 136 Å². The van der Waals surface area contributed by atoms with Crippen LogP contribution in [0, 0.1) is 0 Å². The van der Waals surface area contributed by atoms with Crippen LogP contribution < -0.4 is 5.19 Å². The minimum absolute atomic E-state index is 1.02. The summed E-state index contributed by atoms with van der Waals surface area (Å²) >= 11 is 0. The molecule has 0 aliphatic rings. The zero-order valence-corrected chi connectivity index (χ0v) is 14.4. The molecule has 0 amide bonds. The average molecular weight is 322 g/mol. The van der Waals surface area contributed by atoms with Gasteiger partial charge in [0.15, 0.2) is 0 Å². The fraction of sp³-hybridized carbons (Fsp3) is 0.158. The van der Waals surface area contributed by atoms with Crippen molar-refractivity contribution >= 4 is 46.3 Å². The van der Waals surface area contributed by atoms with Crippen molar-refractivity contribution in [3.63, 3.8) is 0 Å². The third kappa shape index (κ3) is 1.93. The van der Waals surface area contributed by atoms with E-state index in [1.165, 1.54) is 26.9 Å². The van der Waals surface area contributed by atoms with Crippen molar-refractivity contribution in [2.45, 2.75) is 0 Å². The Morgan fingerprint density at radius 3 is 1.87 bits per heavy atom. The van der Waals surface area contributed by atoms with E-state index >= 15 is 0 Å². The van der Waals surface area contributed by atoms with Crippen molar-refractivity contribution in [1.82, 2.24) is 0 Å². The molecule has 0 radical (unpaired) electrons. The summed E-state index contributed by atoms with van der Waals surface area (Å²) < 4.78 is 17.2. The van der Waals surface area contributed by atoms with E-state index < -0.39 is 8.80 Å². The molecule has 4 heteroatoms. The smallest absolute Gasteiger partial charge is 0.373 e. The second-order valence-electron chi connectivity index (χ2n) is 5.64. The van der Waals surface area contributed by atoms with Gasteiger partial charge in [0, 0.05) is 26.5 Å². The van der Waals surface area contributed by atoms with E-state index in [0.717, 1.165) is 10.6 Å². The van der Waals surface area contributed by atoms with Crippen molar-refractivity contribution in [2.75, 3.05) is 21.3 Å². The quantitative estimate of drug-likeness (QED) is 0.424. The van der Waals surface area contributed by atoms with E-state index in [1.54, 1.807) is 21.3 Å². The molecular weight excluding hydrogens is 304 g/mol. The van der Waals surface area contributed by atoms with Gasteiger partial charge in [-0.25, -0.2) is 0 Å². The molecule has 0 spiro atoms. The Balaban J connectivity index is 2.25. The Hall–Kier alpha value is -1.98. The van der Waals surface area contributed by atoms with E-state index in [2.05, 4.69) is 54.6 Å². The zero-order chi connectivity index (χ0) is 16.0. The second kappa shape index (κ2) is 5.28. The topological polar surface area (TPSA) is 27.7 Å². The predicted octanol–water partition coefficient (Wildman–Crippen LogP) is 3.67. The SMILES string of the molecule is CO[Si](OC)(OC)c1cc2cccc3ccc4cccc1c4c32. The molecule has 0 aromatic heterocycles. The van der Waals surface area contributed by atoms with Crippen LogP contribution in [0.1, 0.15) is 0 Å². The molecule has 0 aliphatic heterocycles. The molecular formula is C19H18O3Si. The van der Waals surface area contributed by atoms with Gasteiger partial charge >= 0.3 is 8.80 Å². The van der Waals surface area contributed by atoms with Crippen LogP contribution in [0.3, 0.4) is 0 Å². The van der Waals surface area contributed by atoms with Crippen LogP contribution >= 0.6 is 0 Å². The highest BCUT2D eigenvalue weighted by molar-refractivity contribution is 6.78. The average Bonchev–Trinajstić information content (AvgIpc) is 2.62. The highest BCUT2D eigenvalue weighted by Crippen LogP contribution is 2.34. The first kappa shape index (κ1) is 14.6. The highest BCUT2D eigenvalue weighted by Gasteiger charge is 2.42. The normalized spacial score (nSPS) is 12.7. The molecule has 0 aliphatic carbocycles. The molecule has 0 fully saturated rings. The van der Waals surface area contributed by atoms with E-state index in [9.17, 15) is 0 Å². The zero-order valence-electron chi connectivity index (χ0n) is 13.4. The van der Waals surface area contributed by atoms with Crippen LogP contribution in [0.4, 0.5) is 0 Å². The highest BCUT2D eigenvalue weighted by atomic mass is 28.4. The first-order valence-electron chi connectivity index (χ1n) is 7.56. The minimum Gasteiger partial charge on any atom is -0.373 e. The fourth-order valence-electron chi connectivity index (χ4n) is 3.60. The first-order valence-corrected chi connectivity index (χ1v) is 9.29. The summed E-state index contributed by atoms with van der Waals surface area (Å²) in [7, 11) is 2.05. The fourth-order valence-corrected chi connectivity index (χ4v) is 5.63. The lowest BCUT2D eigenvalue weighted by Gasteiger charge is -2.27. The first-order chi connectivity index (χ1) is 11.2. The van der Waals surface area contributed by atoms with Gasteiger partial charge in [0.1, 0.15) is 0 Å². The van der Waals surface area contributed by atoms with Gasteiger partial charge in [-0.15, -0.1) is 0 Å². The summed E-state index contributed by atoms with van der Waals surface area (Å²) in [6.45, 7) is 0. The molecule has 4 aromatic rings. The maximum Gasteiger partial charge on any atom is 0.537 e. The van der Waals surface area contributed by atoms with Gasteiger partial charge in [0.05, 0.1) is 0 Å². The second-order valence-corrected chi connectivity index (χ2v) is 8.52. The van der Waals surface area contributed by atoms with Gasteiger partial charge in [0.25, 0.3) is 0 Å². The Kier molecular flexibility index (Phi) is 3.35. The Morgan fingerprint density at radius 2 is 1.22 bits per heavy atom. The number of hydrogen-bond donors (Lipinski definition) is 0. The van der Waals surface area contributed by atoms with Crippen molar-refractivity contribution in [2.24, 2.45) is 0 Å². The van der Waals surface area contributed by atoms with E-state index in [4.69, 9.17) is 13.3 Å². The van der Waals surface area contributed by atoms with Crippen LogP contribution in [-0.2, 0) is 13.3 Å². The number of hydrogen-bond acceptors (Lipinski definition) is 3. The van der Waals surface area contributed by atoms with Gasteiger partial charge in [-0.2, -0.15) is 0 Å². The van der Waals surface area contributed by atoms with Crippen LogP contribution in [0.2, 0.25) is 0 Å². The molecule has 0 unspecified atom stereocenters. The molecule has 0 N–H and O–H groups in total. The summed E-state index contributed by atoms with van der Waals surface area (Å²) in [5.41, 5.74) is 0. The molecule has 4 rings (SSSR count). The maximum atomic E-state index is 5.74. The summed E-state index contributed by atoms with van der Waals surface area (Å²) in [5.74, 6) is 0. The van der Waals surface area contributed by atoms with Crippen molar-refractivity contribution < 1.29 is 13.3 Å². The molecule has 0 heterocycles. The van der Waals surface area contributed by atoms with Crippen LogP contribution in [-0.4, -0.2) is 30.1 Å². The molecule has 0 bridgehead atoms. The molecule has 4 aromatic carbocycles. The summed E-state index contributed by atoms with van der Waals surface area (Å²) in [6, 6.07) is 19.2. The van der Waals surface area contributed by atoms with Gasteiger partial charge in [-0.1, -0.05) is 48.5 Å². The largest absolute Gasteiger partial charge is 0.537 e. The lowest BCUT2D eigenvalue weighted by molar-refractivity contribution is 0.141. The van der Waals surface area contributed by atoms with Crippen LogP contribution in [0.25, 0.3) is 32.3 Å². The van der Waals surface area contributed by atoms with Gasteiger partial charge in [0.2, 0.25) is 0 Å². The Morgan fingerprint density at radius 1 is 0.652 bits per heavy atom. The standard InChI is InChI=1S/C19H18O3Si/c1-20-23(21-2,22-3)17-12-15-8-4-6-13-10-11-14-7-5-9-16(17)19(14)18(13)15/h4-12H,1-3H3. The van der Waals surface area contributed by atoms with E-state index in [1.807, 2.05) is 0 Å². The van der Waals surface area contributed by atoms with Crippen molar-refractivity contribution in [3.05, 3.63) is 54.6 Å². The number of rotatable bonds is 4. The Bertz CT molecular complexity index is 984. The van der Waals surface area contributed by atoms with Gasteiger partial charge in [-0.3, -0.25) is 0 Å². The third-order valence-corrected chi connectivity index (χ3v) is 7.33. The predicted molar refractivity (Wildman–Crippen MR) is 96.6 cm³/mol. The van der Waals surface area contributed by atoms with E-state index in [-0.39, 0.29) is 0 Å². The molecule has 116 valence electrons. The molecule has 0 saturated carbocycles.